The molecular weight excluding hydrogens is 378 g/mol. The van der Waals surface area contributed by atoms with E-state index in [4.69, 9.17) is 26.1 Å². The van der Waals surface area contributed by atoms with E-state index in [1.807, 2.05) is 30.3 Å². The van der Waals surface area contributed by atoms with Gasteiger partial charge in [0.15, 0.2) is 6.61 Å². The molecule has 7 heteroatoms. The first kappa shape index (κ1) is 18.5. The standard InChI is InChI=1S/C21H20ClN3O3/c22-16-5-7-17(8-6-16)23-20(26)14-28-18-3-1-2-15-4-9-19(24-21(15)18)25-10-12-27-13-11-25/h1-9H,10-14H2,(H,23,26). The third kappa shape index (κ3) is 4.35. The molecule has 1 aliphatic heterocycles. The molecule has 0 spiro atoms. The summed E-state index contributed by atoms with van der Waals surface area (Å²) in [5, 5.41) is 4.37. The first-order chi connectivity index (χ1) is 13.7. The van der Waals surface area contributed by atoms with Crippen LogP contribution >= 0.6 is 11.6 Å². The second-order valence-electron chi connectivity index (χ2n) is 6.44. The molecule has 1 N–H and O–H groups in total. The molecule has 6 nitrogen and oxygen atoms in total. The third-order valence-corrected chi connectivity index (χ3v) is 4.74. The van der Waals surface area contributed by atoms with E-state index in [1.165, 1.54) is 0 Å². The van der Waals surface area contributed by atoms with Gasteiger partial charge in [-0.1, -0.05) is 23.7 Å². The van der Waals surface area contributed by atoms with E-state index in [0.717, 1.165) is 29.8 Å². The van der Waals surface area contributed by atoms with Gasteiger partial charge in [0, 0.05) is 29.2 Å². The predicted octanol–water partition coefficient (Wildman–Crippen LogP) is 3.74. The molecule has 2 heterocycles. The number of fused-ring (bicyclic) bond motifs is 1. The summed E-state index contributed by atoms with van der Waals surface area (Å²) in [6.07, 6.45) is 0. The fraction of sp³-hybridized carbons (Fsp3) is 0.238. The van der Waals surface area contributed by atoms with Crippen LogP contribution in [0, 0.1) is 0 Å². The molecule has 4 rings (SSSR count). The van der Waals surface area contributed by atoms with Crippen molar-refractivity contribution in [3.63, 3.8) is 0 Å². The van der Waals surface area contributed by atoms with Crippen LogP contribution in [0.2, 0.25) is 5.02 Å². The number of halogens is 1. The minimum absolute atomic E-state index is 0.106. The van der Waals surface area contributed by atoms with Gasteiger partial charge in [-0.3, -0.25) is 4.79 Å². The van der Waals surface area contributed by atoms with Gasteiger partial charge >= 0.3 is 0 Å². The highest BCUT2D eigenvalue weighted by Crippen LogP contribution is 2.27. The number of morpholine rings is 1. The van der Waals surface area contributed by atoms with Crippen molar-refractivity contribution in [3.8, 4) is 5.75 Å². The summed E-state index contributed by atoms with van der Waals surface area (Å²) in [6.45, 7) is 2.91. The number of carbonyl (C=O) groups is 1. The molecule has 1 aromatic heterocycles. The summed E-state index contributed by atoms with van der Waals surface area (Å²) < 4.78 is 11.2. The highest BCUT2D eigenvalue weighted by atomic mass is 35.5. The summed E-state index contributed by atoms with van der Waals surface area (Å²) >= 11 is 5.86. The summed E-state index contributed by atoms with van der Waals surface area (Å²) in [7, 11) is 0. The Morgan fingerprint density at radius 2 is 1.89 bits per heavy atom. The Labute approximate surface area is 168 Å². The molecule has 28 heavy (non-hydrogen) atoms. The van der Waals surface area contributed by atoms with Gasteiger partial charge in [-0.15, -0.1) is 0 Å². The van der Waals surface area contributed by atoms with E-state index in [1.54, 1.807) is 24.3 Å². The monoisotopic (exact) mass is 397 g/mol. The second kappa shape index (κ2) is 8.46. The molecule has 144 valence electrons. The van der Waals surface area contributed by atoms with Crippen LogP contribution in [-0.4, -0.2) is 43.8 Å². The second-order valence-corrected chi connectivity index (χ2v) is 6.88. The maximum Gasteiger partial charge on any atom is 0.262 e. The highest BCUT2D eigenvalue weighted by Gasteiger charge is 2.14. The lowest BCUT2D eigenvalue weighted by atomic mass is 10.2. The van der Waals surface area contributed by atoms with E-state index in [0.29, 0.717) is 29.7 Å². The van der Waals surface area contributed by atoms with Crippen molar-refractivity contribution in [2.75, 3.05) is 43.1 Å². The molecule has 1 amide bonds. The zero-order valence-corrected chi connectivity index (χ0v) is 16.0. The maximum atomic E-state index is 12.2. The number of hydrogen-bond donors (Lipinski definition) is 1. The number of amides is 1. The number of ether oxygens (including phenoxy) is 2. The molecule has 0 aliphatic carbocycles. The fourth-order valence-corrected chi connectivity index (χ4v) is 3.19. The van der Waals surface area contributed by atoms with Gasteiger partial charge in [-0.2, -0.15) is 0 Å². The Hall–Kier alpha value is -2.83. The van der Waals surface area contributed by atoms with Crippen LogP contribution in [0.1, 0.15) is 0 Å². The van der Waals surface area contributed by atoms with Crippen molar-refractivity contribution in [3.05, 3.63) is 59.6 Å². The van der Waals surface area contributed by atoms with Crippen LogP contribution in [0.5, 0.6) is 5.75 Å². The zero-order chi connectivity index (χ0) is 19.3. The van der Waals surface area contributed by atoms with Gasteiger partial charge in [0.1, 0.15) is 17.1 Å². The topological polar surface area (TPSA) is 63.7 Å². The van der Waals surface area contributed by atoms with Crippen molar-refractivity contribution < 1.29 is 14.3 Å². The lowest BCUT2D eigenvalue weighted by Crippen LogP contribution is -2.36. The van der Waals surface area contributed by atoms with E-state index >= 15 is 0 Å². The normalized spacial score (nSPS) is 14.1. The Bertz CT molecular complexity index is 972. The van der Waals surface area contributed by atoms with Gasteiger partial charge in [-0.05, 0) is 42.5 Å². The van der Waals surface area contributed by atoms with Crippen LogP contribution in [0.3, 0.4) is 0 Å². The van der Waals surface area contributed by atoms with Crippen molar-refractivity contribution in [2.24, 2.45) is 0 Å². The average Bonchev–Trinajstić information content (AvgIpc) is 2.74. The zero-order valence-electron chi connectivity index (χ0n) is 15.2. The highest BCUT2D eigenvalue weighted by molar-refractivity contribution is 6.30. The molecule has 1 aliphatic rings. The number of rotatable bonds is 5. The molecule has 1 fully saturated rings. The van der Waals surface area contributed by atoms with Crippen LogP contribution in [0.25, 0.3) is 10.9 Å². The summed E-state index contributed by atoms with van der Waals surface area (Å²) in [4.78, 5) is 19.2. The number of hydrogen-bond acceptors (Lipinski definition) is 5. The van der Waals surface area contributed by atoms with Gasteiger partial charge < -0.3 is 19.7 Å². The quantitative estimate of drug-likeness (QED) is 0.710. The Balaban J connectivity index is 1.48. The average molecular weight is 398 g/mol. The van der Waals surface area contributed by atoms with Crippen LogP contribution < -0.4 is 15.0 Å². The van der Waals surface area contributed by atoms with E-state index in [9.17, 15) is 4.79 Å². The van der Waals surface area contributed by atoms with Crippen molar-refractivity contribution in [1.29, 1.82) is 0 Å². The van der Waals surface area contributed by atoms with Gasteiger partial charge in [0.05, 0.1) is 13.2 Å². The Morgan fingerprint density at radius 1 is 1.11 bits per heavy atom. The SMILES string of the molecule is O=C(COc1cccc2ccc(N3CCOCC3)nc12)Nc1ccc(Cl)cc1. The molecular formula is C21H20ClN3O3. The molecule has 1 saturated heterocycles. The first-order valence-corrected chi connectivity index (χ1v) is 9.47. The number of nitrogens with one attached hydrogen (secondary N) is 1. The number of nitrogens with zero attached hydrogens (tertiary/aromatic N) is 2. The molecule has 0 radical (unpaired) electrons. The molecule has 0 saturated carbocycles. The van der Waals surface area contributed by atoms with Gasteiger partial charge in [-0.25, -0.2) is 4.98 Å². The number of para-hydroxylation sites is 1. The smallest absolute Gasteiger partial charge is 0.262 e. The Kier molecular flexibility index (Phi) is 5.60. The van der Waals surface area contributed by atoms with Crippen LogP contribution in [-0.2, 0) is 9.53 Å². The minimum Gasteiger partial charge on any atom is -0.481 e. The predicted molar refractivity (Wildman–Crippen MR) is 110 cm³/mol. The first-order valence-electron chi connectivity index (χ1n) is 9.10. The van der Waals surface area contributed by atoms with Gasteiger partial charge in [0.2, 0.25) is 0 Å². The summed E-state index contributed by atoms with van der Waals surface area (Å²) in [6, 6.07) is 16.7. The number of aromatic nitrogens is 1. The molecule has 3 aromatic rings. The molecule has 0 unspecified atom stereocenters. The number of benzene rings is 2. The lowest BCUT2D eigenvalue weighted by molar-refractivity contribution is -0.118. The van der Waals surface area contributed by atoms with Gasteiger partial charge in [0.25, 0.3) is 5.91 Å². The largest absolute Gasteiger partial charge is 0.481 e. The summed E-state index contributed by atoms with van der Waals surface area (Å²) in [5.41, 5.74) is 1.41. The number of pyridine rings is 1. The molecule has 0 bridgehead atoms. The van der Waals surface area contributed by atoms with E-state index in [2.05, 4.69) is 10.2 Å². The molecule has 0 atom stereocenters. The van der Waals surface area contributed by atoms with Crippen molar-refractivity contribution >= 4 is 39.9 Å². The Morgan fingerprint density at radius 3 is 2.68 bits per heavy atom. The van der Waals surface area contributed by atoms with E-state index in [-0.39, 0.29) is 12.5 Å². The van der Waals surface area contributed by atoms with Crippen molar-refractivity contribution in [1.82, 2.24) is 4.98 Å². The van der Waals surface area contributed by atoms with Crippen LogP contribution in [0.15, 0.2) is 54.6 Å². The maximum absolute atomic E-state index is 12.2. The van der Waals surface area contributed by atoms with E-state index < -0.39 is 0 Å². The molecule has 2 aromatic carbocycles. The van der Waals surface area contributed by atoms with Crippen molar-refractivity contribution in [2.45, 2.75) is 0 Å². The third-order valence-electron chi connectivity index (χ3n) is 4.49. The lowest BCUT2D eigenvalue weighted by Gasteiger charge is -2.28. The van der Waals surface area contributed by atoms with Crippen LogP contribution in [0.4, 0.5) is 11.5 Å². The fourth-order valence-electron chi connectivity index (χ4n) is 3.07. The number of carbonyl (C=O) groups excluding carboxylic acids is 1. The number of anilines is 2. The minimum atomic E-state index is -0.247. The summed E-state index contributed by atoms with van der Waals surface area (Å²) in [5.74, 6) is 1.22.